The van der Waals surface area contributed by atoms with Crippen LogP contribution in [0, 0.1) is 0 Å². The summed E-state index contributed by atoms with van der Waals surface area (Å²) in [5, 5.41) is 0. The van der Waals surface area contributed by atoms with E-state index in [9.17, 15) is 18.0 Å². The zero-order chi connectivity index (χ0) is 18.1. The van der Waals surface area contributed by atoms with Crippen molar-refractivity contribution in [1.82, 2.24) is 14.7 Å². The van der Waals surface area contributed by atoms with Gasteiger partial charge in [-0.3, -0.25) is 9.59 Å². The van der Waals surface area contributed by atoms with Crippen molar-refractivity contribution in [3.05, 3.63) is 0 Å². The van der Waals surface area contributed by atoms with Gasteiger partial charge < -0.3 is 19.4 Å². The molecule has 0 unspecified atom stereocenters. The Labute approximate surface area is 143 Å². The highest BCUT2D eigenvalue weighted by atomic mass is 32.2. The molecule has 0 aliphatic carbocycles. The van der Waals surface area contributed by atoms with Crippen molar-refractivity contribution in [2.75, 3.05) is 51.8 Å². The van der Waals surface area contributed by atoms with Crippen molar-refractivity contribution in [1.29, 1.82) is 0 Å². The van der Waals surface area contributed by atoms with Gasteiger partial charge in [-0.2, -0.15) is 0 Å². The maximum atomic E-state index is 12.4. The van der Waals surface area contributed by atoms with Crippen LogP contribution in [0.5, 0.6) is 0 Å². The van der Waals surface area contributed by atoms with Gasteiger partial charge >= 0.3 is 0 Å². The van der Waals surface area contributed by atoms with Gasteiger partial charge in [-0.25, -0.2) is 8.42 Å². The van der Waals surface area contributed by atoms with Crippen LogP contribution in [0.2, 0.25) is 0 Å². The Morgan fingerprint density at radius 3 is 2.04 bits per heavy atom. The number of sulfone groups is 1. The van der Waals surface area contributed by atoms with Crippen molar-refractivity contribution < 1.29 is 22.7 Å². The van der Waals surface area contributed by atoms with E-state index >= 15 is 0 Å². The summed E-state index contributed by atoms with van der Waals surface area (Å²) in [7, 11) is 0.327. The second kappa shape index (κ2) is 7.37. The van der Waals surface area contributed by atoms with Gasteiger partial charge in [0, 0.05) is 13.1 Å². The summed E-state index contributed by atoms with van der Waals surface area (Å²) in [6.07, 6.45) is -0.0694. The van der Waals surface area contributed by atoms with Crippen LogP contribution in [0.25, 0.3) is 0 Å². The van der Waals surface area contributed by atoms with E-state index in [-0.39, 0.29) is 42.6 Å². The third-order valence-electron chi connectivity index (χ3n) is 4.31. The Balaban J connectivity index is 2.14. The minimum atomic E-state index is -3.26. The van der Waals surface area contributed by atoms with Crippen LogP contribution in [-0.2, 0) is 24.2 Å². The van der Waals surface area contributed by atoms with E-state index in [1.807, 2.05) is 13.8 Å². The number of likely N-dealkylation sites (N-methyl/N-ethyl adjacent to an activating group) is 1. The molecule has 0 aromatic heterocycles. The number of hydrogen-bond donors (Lipinski definition) is 0. The van der Waals surface area contributed by atoms with Gasteiger partial charge in [0.25, 0.3) is 0 Å². The maximum Gasteiger partial charge on any atom is 0.248 e. The summed E-state index contributed by atoms with van der Waals surface area (Å²) >= 11 is 0. The minimum absolute atomic E-state index is 0.0629. The first-order chi connectivity index (χ1) is 11.1. The number of carbonyl (C=O) groups is 2. The summed E-state index contributed by atoms with van der Waals surface area (Å²) in [4.78, 5) is 29.8. The van der Waals surface area contributed by atoms with E-state index in [0.29, 0.717) is 13.1 Å². The molecule has 2 rings (SSSR count). The Morgan fingerprint density at radius 1 is 1.08 bits per heavy atom. The van der Waals surface area contributed by atoms with Gasteiger partial charge in [0.2, 0.25) is 11.8 Å². The lowest BCUT2D eigenvalue weighted by Gasteiger charge is -2.44. The van der Waals surface area contributed by atoms with Crippen LogP contribution >= 0.6 is 0 Å². The third kappa shape index (κ3) is 4.46. The predicted molar refractivity (Wildman–Crippen MR) is 89.3 cm³/mol. The third-order valence-corrected chi connectivity index (χ3v) is 6.01. The number of fused-ring (bicyclic) bond motifs is 1. The van der Waals surface area contributed by atoms with E-state index in [0.717, 1.165) is 0 Å². The smallest absolute Gasteiger partial charge is 0.248 e. The summed E-state index contributed by atoms with van der Waals surface area (Å²) < 4.78 is 29.6. The van der Waals surface area contributed by atoms with Crippen LogP contribution in [0.15, 0.2) is 0 Å². The molecule has 2 atom stereocenters. The highest BCUT2D eigenvalue weighted by Gasteiger charge is 2.49. The number of piperazine rings is 1. The molecule has 2 saturated heterocycles. The topological polar surface area (TPSA) is 87.2 Å². The number of nitrogens with zero attached hydrogens (tertiary/aromatic N) is 3. The summed E-state index contributed by atoms with van der Waals surface area (Å²) in [5.74, 6) is -0.476. The normalized spacial score (nSPS) is 26.1. The average Bonchev–Trinajstić information content (AvgIpc) is 2.77. The van der Waals surface area contributed by atoms with E-state index in [4.69, 9.17) is 4.74 Å². The second-order valence-electron chi connectivity index (χ2n) is 6.98. The molecule has 2 amide bonds. The van der Waals surface area contributed by atoms with E-state index in [1.165, 1.54) is 0 Å². The van der Waals surface area contributed by atoms with Crippen molar-refractivity contribution in [3.8, 4) is 0 Å². The van der Waals surface area contributed by atoms with E-state index in [1.54, 1.807) is 28.8 Å². The fourth-order valence-electron chi connectivity index (χ4n) is 3.25. The standard InChI is InChI=1S/C15H27N3O5S/c1-11(2)23-8-15(20)18-6-5-17(14(19)7-16(3)4)12-9-24(21,22)10-13(12)18/h11-13H,5-10H2,1-4H3/t12-,13+/m0/s1. The summed E-state index contributed by atoms with van der Waals surface area (Å²) in [6, 6.07) is -0.933. The van der Waals surface area contributed by atoms with Crippen LogP contribution in [0.4, 0.5) is 0 Å². The summed E-state index contributed by atoms with van der Waals surface area (Å²) in [6.45, 7) is 4.55. The van der Waals surface area contributed by atoms with Crippen molar-refractivity contribution in [3.63, 3.8) is 0 Å². The molecule has 0 N–H and O–H groups in total. The number of ether oxygens (including phenoxy) is 1. The Hall–Kier alpha value is -1.19. The molecular weight excluding hydrogens is 334 g/mol. The molecule has 0 bridgehead atoms. The molecule has 2 aliphatic heterocycles. The zero-order valence-corrected chi connectivity index (χ0v) is 15.6. The lowest BCUT2D eigenvalue weighted by molar-refractivity contribution is -0.149. The largest absolute Gasteiger partial charge is 0.369 e. The Kier molecular flexibility index (Phi) is 5.87. The molecule has 8 nitrogen and oxygen atoms in total. The first-order valence-corrected chi connectivity index (χ1v) is 9.98. The van der Waals surface area contributed by atoms with Gasteiger partial charge in [-0.15, -0.1) is 0 Å². The van der Waals surface area contributed by atoms with Crippen LogP contribution in [-0.4, -0.2) is 105 Å². The molecule has 9 heteroatoms. The van der Waals surface area contributed by atoms with Crippen molar-refractivity contribution in [2.45, 2.75) is 32.0 Å². The lowest BCUT2D eigenvalue weighted by atomic mass is 10.0. The fourth-order valence-corrected chi connectivity index (χ4v) is 5.24. The number of amides is 2. The van der Waals surface area contributed by atoms with Crippen LogP contribution in [0.3, 0.4) is 0 Å². The van der Waals surface area contributed by atoms with Gasteiger partial charge in [0.15, 0.2) is 9.84 Å². The van der Waals surface area contributed by atoms with Gasteiger partial charge in [0.05, 0.1) is 36.2 Å². The number of rotatable bonds is 5. The quantitative estimate of drug-likeness (QED) is 0.612. The molecule has 2 aliphatic rings. The van der Waals surface area contributed by atoms with Crippen molar-refractivity contribution >= 4 is 21.7 Å². The Bertz CT molecular complexity index is 590. The Morgan fingerprint density at radius 2 is 1.58 bits per heavy atom. The summed E-state index contributed by atoms with van der Waals surface area (Å²) in [5.41, 5.74) is 0. The molecule has 0 radical (unpaired) electrons. The minimum Gasteiger partial charge on any atom is -0.369 e. The molecule has 0 spiro atoms. The number of carbonyl (C=O) groups excluding carboxylic acids is 2. The highest BCUT2D eigenvalue weighted by molar-refractivity contribution is 7.91. The molecule has 2 heterocycles. The molecular formula is C15H27N3O5S. The molecule has 0 saturated carbocycles. The van der Waals surface area contributed by atoms with Gasteiger partial charge in [-0.1, -0.05) is 0 Å². The number of hydrogen-bond acceptors (Lipinski definition) is 6. The fraction of sp³-hybridized carbons (Fsp3) is 0.867. The zero-order valence-electron chi connectivity index (χ0n) is 14.8. The second-order valence-corrected chi connectivity index (χ2v) is 9.14. The maximum absolute atomic E-state index is 12.4. The highest BCUT2D eigenvalue weighted by Crippen LogP contribution is 2.27. The van der Waals surface area contributed by atoms with E-state index < -0.39 is 21.9 Å². The molecule has 24 heavy (non-hydrogen) atoms. The average molecular weight is 361 g/mol. The van der Waals surface area contributed by atoms with Crippen LogP contribution in [0.1, 0.15) is 13.8 Å². The molecule has 2 fully saturated rings. The van der Waals surface area contributed by atoms with E-state index in [2.05, 4.69) is 0 Å². The molecule has 0 aromatic carbocycles. The van der Waals surface area contributed by atoms with Gasteiger partial charge in [-0.05, 0) is 27.9 Å². The predicted octanol–water partition coefficient (Wildman–Crippen LogP) is -1.19. The SMILES string of the molecule is CC(C)OCC(=O)N1CCN(C(=O)CN(C)C)[C@H]2CS(=O)(=O)C[C@H]21. The van der Waals surface area contributed by atoms with Crippen molar-refractivity contribution in [2.24, 2.45) is 0 Å². The lowest BCUT2D eigenvalue weighted by Crippen LogP contribution is -2.63. The monoisotopic (exact) mass is 361 g/mol. The van der Waals surface area contributed by atoms with Gasteiger partial charge in [0.1, 0.15) is 6.61 Å². The first-order valence-electron chi connectivity index (χ1n) is 8.16. The van der Waals surface area contributed by atoms with Crippen LogP contribution < -0.4 is 0 Å². The molecule has 138 valence electrons. The molecule has 0 aromatic rings. The first kappa shape index (κ1) is 19.1.